The molecule has 182 valence electrons. The Bertz CT molecular complexity index is 915. The van der Waals surface area contributed by atoms with Gasteiger partial charge in [-0.05, 0) is 92.9 Å². The van der Waals surface area contributed by atoms with Crippen LogP contribution in [0, 0.1) is 28.6 Å². The van der Waals surface area contributed by atoms with Crippen LogP contribution in [0.4, 0.5) is 4.79 Å². The van der Waals surface area contributed by atoms with Crippen LogP contribution in [0.25, 0.3) is 10.4 Å². The second kappa shape index (κ2) is 8.60. The number of rotatable bonds is 4. The first kappa shape index (κ1) is 24.0. The molecule has 3 N–H and O–H groups in total. The molecule has 4 aliphatic carbocycles. The van der Waals surface area contributed by atoms with Crippen LogP contribution in [-0.2, 0) is 4.74 Å². The monoisotopic (exact) mass is 459 g/mol. The first-order valence-electron chi connectivity index (χ1n) is 12.2. The number of fused-ring (bicyclic) bond motifs is 5. The van der Waals surface area contributed by atoms with Gasteiger partial charge in [-0.15, -0.1) is 0 Å². The third-order valence-corrected chi connectivity index (χ3v) is 9.64. The van der Waals surface area contributed by atoms with Crippen molar-refractivity contribution in [3.63, 3.8) is 0 Å². The molecule has 33 heavy (non-hydrogen) atoms. The average Bonchev–Trinajstić information content (AvgIpc) is 3.00. The maximum atomic E-state index is 11.8. The smallest absolute Gasteiger partial charge is 0.427 e. The SMILES string of the molecule is CCOC(=O)N/N=C(\C)[C@@]1(N=[N+]=[N-])[C@H](O)CC2C3CC=C4C[C@@H](O)CC[C@]4(C)C3CC[C@@]21C. The highest BCUT2D eigenvalue weighted by atomic mass is 16.5. The number of carbonyl (C=O) groups excluding carboxylic acids is 1. The largest absolute Gasteiger partial charge is 0.449 e. The molecule has 3 saturated carbocycles. The van der Waals surface area contributed by atoms with Gasteiger partial charge in [-0.25, -0.2) is 10.2 Å². The number of carbonyl (C=O) groups is 1. The van der Waals surface area contributed by atoms with E-state index < -0.39 is 23.2 Å². The van der Waals surface area contributed by atoms with Gasteiger partial charge in [-0.3, -0.25) is 0 Å². The van der Waals surface area contributed by atoms with E-state index in [1.54, 1.807) is 13.8 Å². The molecule has 0 aromatic heterocycles. The maximum Gasteiger partial charge on any atom is 0.427 e. The van der Waals surface area contributed by atoms with Gasteiger partial charge in [0.2, 0.25) is 0 Å². The Morgan fingerprint density at radius 1 is 1.30 bits per heavy atom. The first-order chi connectivity index (χ1) is 15.6. The zero-order valence-corrected chi connectivity index (χ0v) is 20.1. The van der Waals surface area contributed by atoms with E-state index in [0.29, 0.717) is 24.0 Å². The number of allylic oxidation sites excluding steroid dienone is 1. The van der Waals surface area contributed by atoms with Crippen molar-refractivity contribution in [1.29, 1.82) is 0 Å². The minimum Gasteiger partial charge on any atom is -0.449 e. The number of nitrogens with one attached hydrogen (secondary N) is 1. The molecule has 8 atom stereocenters. The highest BCUT2D eigenvalue weighted by Gasteiger charge is 2.68. The van der Waals surface area contributed by atoms with Crippen LogP contribution in [-0.4, -0.2) is 46.4 Å². The summed E-state index contributed by atoms with van der Waals surface area (Å²) in [4.78, 5) is 15.0. The molecule has 0 spiro atoms. The average molecular weight is 460 g/mol. The normalized spacial score (nSPS) is 44.5. The molecule has 1 amide bonds. The zero-order valence-electron chi connectivity index (χ0n) is 20.1. The number of azide groups is 1. The number of aliphatic hydroxyl groups is 2. The Labute approximate surface area is 195 Å². The highest BCUT2D eigenvalue weighted by Crippen LogP contribution is 2.68. The Balaban J connectivity index is 1.70. The number of aliphatic hydroxyl groups excluding tert-OH is 2. The Kier molecular flexibility index (Phi) is 6.27. The lowest BCUT2D eigenvalue weighted by molar-refractivity contribution is -0.0474. The summed E-state index contributed by atoms with van der Waals surface area (Å²) in [5, 5.41) is 30.1. The van der Waals surface area contributed by atoms with Crippen molar-refractivity contribution in [2.24, 2.45) is 38.8 Å². The summed E-state index contributed by atoms with van der Waals surface area (Å²) in [7, 11) is 0. The van der Waals surface area contributed by atoms with Crippen LogP contribution < -0.4 is 5.43 Å². The minimum absolute atomic E-state index is 0.0762. The molecule has 3 unspecified atom stereocenters. The van der Waals surface area contributed by atoms with Gasteiger partial charge in [0.1, 0.15) is 5.54 Å². The van der Waals surface area contributed by atoms with Crippen molar-refractivity contribution in [2.75, 3.05) is 6.61 Å². The predicted octanol–water partition coefficient (Wildman–Crippen LogP) is 4.45. The summed E-state index contributed by atoms with van der Waals surface area (Å²) in [5.41, 5.74) is 12.1. The standard InChI is InChI=1S/C24H37N5O4/c1-5-33-21(32)27-26-14(2)24(28-29-25)20(31)13-19-17-7-6-15-12-16(30)8-10-22(15,3)18(17)9-11-23(19,24)4/h6,16-20,30-31H,5,7-13H2,1-4H3,(H,27,32)/b26-14+/t16-,17?,18?,19?,20+,22-,23-,24+/m0/s1. The minimum atomic E-state index is -1.23. The molecular weight excluding hydrogens is 422 g/mol. The van der Waals surface area contributed by atoms with E-state index in [1.807, 2.05) is 0 Å². The summed E-state index contributed by atoms with van der Waals surface area (Å²) < 4.78 is 4.90. The third kappa shape index (κ3) is 3.47. The molecule has 9 heteroatoms. The van der Waals surface area contributed by atoms with Gasteiger partial charge in [0, 0.05) is 4.91 Å². The van der Waals surface area contributed by atoms with Gasteiger partial charge in [-0.1, -0.05) is 30.6 Å². The van der Waals surface area contributed by atoms with Gasteiger partial charge in [0.15, 0.2) is 0 Å². The van der Waals surface area contributed by atoms with Crippen LogP contribution in [0.2, 0.25) is 0 Å². The Morgan fingerprint density at radius 3 is 2.76 bits per heavy atom. The van der Waals surface area contributed by atoms with Crippen LogP contribution in [0.1, 0.15) is 72.6 Å². The van der Waals surface area contributed by atoms with Crippen LogP contribution >= 0.6 is 0 Å². The second-order valence-corrected chi connectivity index (χ2v) is 10.8. The fourth-order valence-electron chi connectivity index (χ4n) is 8.02. The van der Waals surface area contributed by atoms with Gasteiger partial charge in [0.05, 0.1) is 24.5 Å². The fraction of sp³-hybridized carbons (Fsp3) is 0.833. The molecule has 0 aliphatic heterocycles. The summed E-state index contributed by atoms with van der Waals surface area (Å²) in [5.74, 6) is 1.00. The van der Waals surface area contributed by atoms with E-state index in [1.165, 1.54) is 5.57 Å². The van der Waals surface area contributed by atoms with Gasteiger partial charge < -0.3 is 14.9 Å². The van der Waals surface area contributed by atoms with Crippen molar-refractivity contribution < 1.29 is 19.7 Å². The summed E-state index contributed by atoms with van der Waals surface area (Å²) >= 11 is 0. The number of hydrogen-bond acceptors (Lipinski definition) is 6. The Hall–Kier alpha value is -2.09. The van der Waals surface area contributed by atoms with Gasteiger partial charge >= 0.3 is 6.09 Å². The predicted molar refractivity (Wildman–Crippen MR) is 124 cm³/mol. The number of nitrogens with zero attached hydrogens (tertiary/aromatic N) is 4. The molecule has 4 rings (SSSR count). The third-order valence-electron chi connectivity index (χ3n) is 9.64. The van der Waals surface area contributed by atoms with E-state index in [-0.39, 0.29) is 24.0 Å². The molecule has 0 aromatic carbocycles. The van der Waals surface area contributed by atoms with Crippen molar-refractivity contribution in [3.05, 3.63) is 22.1 Å². The lowest BCUT2D eigenvalue weighted by atomic mass is 9.46. The van der Waals surface area contributed by atoms with E-state index in [2.05, 4.69) is 40.5 Å². The van der Waals surface area contributed by atoms with Crippen molar-refractivity contribution in [2.45, 2.75) is 90.4 Å². The van der Waals surface area contributed by atoms with E-state index in [0.717, 1.165) is 38.5 Å². The fourth-order valence-corrected chi connectivity index (χ4v) is 8.02. The molecule has 0 saturated heterocycles. The number of amides is 1. The first-order valence-corrected chi connectivity index (χ1v) is 12.2. The molecular formula is C24H37N5O4. The summed E-state index contributed by atoms with van der Waals surface area (Å²) in [6.45, 7) is 8.12. The number of ether oxygens (including phenoxy) is 1. The number of hydrogen-bond donors (Lipinski definition) is 3. The molecule has 9 nitrogen and oxygen atoms in total. The van der Waals surface area contributed by atoms with Gasteiger partial charge in [0.25, 0.3) is 0 Å². The lowest BCUT2D eigenvalue weighted by Gasteiger charge is -2.59. The van der Waals surface area contributed by atoms with Crippen molar-refractivity contribution in [3.8, 4) is 0 Å². The second-order valence-electron chi connectivity index (χ2n) is 10.8. The zero-order chi connectivity index (χ0) is 24.0. The van der Waals surface area contributed by atoms with Crippen LogP contribution in [0.5, 0.6) is 0 Å². The quantitative estimate of drug-likeness (QED) is 0.143. The molecule has 3 fully saturated rings. The molecule has 0 bridgehead atoms. The molecule has 0 aromatic rings. The van der Waals surface area contributed by atoms with Gasteiger partial charge in [-0.2, -0.15) is 5.10 Å². The van der Waals surface area contributed by atoms with Crippen molar-refractivity contribution in [1.82, 2.24) is 5.43 Å². The topological polar surface area (TPSA) is 140 Å². The summed E-state index contributed by atoms with van der Waals surface area (Å²) in [6, 6.07) is 0. The molecule has 0 heterocycles. The molecule has 4 aliphatic rings. The Morgan fingerprint density at radius 2 is 2.06 bits per heavy atom. The van der Waals surface area contributed by atoms with E-state index in [9.17, 15) is 20.5 Å². The lowest BCUT2D eigenvalue weighted by Crippen LogP contribution is -2.58. The molecule has 0 radical (unpaired) electrons. The highest BCUT2D eigenvalue weighted by molar-refractivity contribution is 5.94. The van der Waals surface area contributed by atoms with Crippen LogP contribution in [0.15, 0.2) is 21.9 Å². The van der Waals surface area contributed by atoms with E-state index in [4.69, 9.17) is 4.74 Å². The van der Waals surface area contributed by atoms with E-state index >= 15 is 0 Å². The van der Waals surface area contributed by atoms with Crippen LogP contribution in [0.3, 0.4) is 0 Å². The maximum absolute atomic E-state index is 11.8. The number of hydrazone groups is 1. The van der Waals surface area contributed by atoms with Crippen molar-refractivity contribution >= 4 is 11.8 Å². The summed E-state index contributed by atoms with van der Waals surface area (Å²) in [6.07, 6.45) is 6.31.